The molecule has 1 rings (SSSR count). The smallest absolute Gasteiger partial charge is 0.326 e. The number of hydrogen-bond donors (Lipinski definition) is 2. The van der Waals surface area contributed by atoms with Gasteiger partial charge in [0.25, 0.3) is 0 Å². The molecule has 0 fully saturated rings. The average molecular weight is 257 g/mol. The van der Waals surface area contributed by atoms with Crippen LogP contribution in [0.2, 0.25) is 0 Å². The minimum Gasteiger partial charge on any atom is -0.480 e. The van der Waals surface area contributed by atoms with E-state index < -0.39 is 12.0 Å². The van der Waals surface area contributed by atoms with Gasteiger partial charge in [0.05, 0.1) is 5.69 Å². The highest BCUT2D eigenvalue weighted by Gasteiger charge is 2.18. The molecule has 1 atom stereocenters. The van der Waals surface area contributed by atoms with Crippen molar-refractivity contribution in [3.05, 3.63) is 11.1 Å². The molecular formula is C11H19N3O2S. The van der Waals surface area contributed by atoms with E-state index in [-0.39, 0.29) is 0 Å². The number of nitrogens with zero attached hydrogens (tertiary/aromatic N) is 2. The Labute approximate surface area is 105 Å². The molecular weight excluding hydrogens is 238 g/mol. The van der Waals surface area contributed by atoms with E-state index in [1.807, 2.05) is 11.9 Å². The van der Waals surface area contributed by atoms with Crippen LogP contribution in [0, 0.1) is 0 Å². The zero-order chi connectivity index (χ0) is 12.8. The van der Waals surface area contributed by atoms with Gasteiger partial charge in [-0.05, 0) is 6.42 Å². The first-order chi connectivity index (χ1) is 8.06. The third-order valence-electron chi connectivity index (χ3n) is 2.52. The van der Waals surface area contributed by atoms with E-state index in [0.717, 1.165) is 18.1 Å². The molecule has 1 heterocycles. The summed E-state index contributed by atoms with van der Waals surface area (Å²) in [6.07, 6.45) is 3.49. The van der Waals surface area contributed by atoms with Gasteiger partial charge in [-0.15, -0.1) is 11.3 Å². The summed E-state index contributed by atoms with van der Waals surface area (Å²) in [5, 5.41) is 11.3. The molecule has 5 nitrogen and oxygen atoms in total. The summed E-state index contributed by atoms with van der Waals surface area (Å²) in [5.74, 6) is -1.05. The van der Waals surface area contributed by atoms with E-state index in [4.69, 9.17) is 10.8 Å². The first kappa shape index (κ1) is 13.9. The van der Waals surface area contributed by atoms with Crippen LogP contribution < -0.4 is 10.6 Å². The van der Waals surface area contributed by atoms with Crippen LogP contribution >= 0.6 is 11.3 Å². The molecule has 0 spiro atoms. The molecule has 17 heavy (non-hydrogen) atoms. The second kappa shape index (κ2) is 6.56. The molecule has 0 aliphatic rings. The fourth-order valence-electron chi connectivity index (χ4n) is 1.42. The predicted molar refractivity (Wildman–Crippen MR) is 69.5 cm³/mol. The largest absolute Gasteiger partial charge is 0.480 e. The number of rotatable bonds is 7. The summed E-state index contributed by atoms with van der Waals surface area (Å²) in [6.45, 7) is 3.09. The SMILES string of the molecule is CCCCCN(C)c1nc(C(N)C(=O)O)cs1. The molecule has 0 radical (unpaired) electrons. The van der Waals surface area contributed by atoms with Gasteiger partial charge in [0, 0.05) is 19.0 Å². The maximum Gasteiger partial charge on any atom is 0.326 e. The van der Waals surface area contributed by atoms with Crippen LogP contribution in [0.4, 0.5) is 5.13 Å². The van der Waals surface area contributed by atoms with Crippen LogP contribution in [0.25, 0.3) is 0 Å². The summed E-state index contributed by atoms with van der Waals surface area (Å²) < 4.78 is 0. The van der Waals surface area contributed by atoms with Crippen LogP contribution in [-0.4, -0.2) is 29.7 Å². The van der Waals surface area contributed by atoms with Gasteiger partial charge in [-0.3, -0.25) is 4.79 Å². The number of thiazole rings is 1. The standard InChI is InChI=1S/C11H19N3O2S/c1-3-4-5-6-14(2)11-13-8(7-17-11)9(12)10(15)16/h7,9H,3-6,12H2,1-2H3,(H,15,16). The van der Waals surface area contributed by atoms with Gasteiger partial charge in [-0.2, -0.15) is 0 Å². The number of nitrogens with two attached hydrogens (primary N) is 1. The lowest BCUT2D eigenvalue weighted by molar-refractivity contribution is -0.138. The molecule has 0 saturated heterocycles. The predicted octanol–water partition coefficient (Wildman–Crippen LogP) is 1.85. The fraction of sp³-hybridized carbons (Fsp3) is 0.636. The third kappa shape index (κ3) is 3.98. The maximum absolute atomic E-state index is 10.7. The molecule has 1 unspecified atom stereocenters. The number of carboxylic acids is 1. The van der Waals surface area contributed by atoms with Gasteiger partial charge in [0.2, 0.25) is 0 Å². The first-order valence-electron chi connectivity index (χ1n) is 5.71. The van der Waals surface area contributed by atoms with Crippen LogP contribution in [0.15, 0.2) is 5.38 Å². The second-order valence-electron chi connectivity index (χ2n) is 4.00. The minimum atomic E-state index is -1.05. The molecule has 0 bridgehead atoms. The fourth-order valence-corrected chi connectivity index (χ4v) is 2.27. The summed E-state index contributed by atoms with van der Waals surface area (Å²) >= 11 is 1.43. The van der Waals surface area contributed by atoms with E-state index in [1.165, 1.54) is 24.2 Å². The summed E-state index contributed by atoms with van der Waals surface area (Å²) in [5.41, 5.74) is 5.93. The Morgan fingerprint density at radius 2 is 2.35 bits per heavy atom. The van der Waals surface area contributed by atoms with Crippen molar-refractivity contribution >= 4 is 22.4 Å². The highest BCUT2D eigenvalue weighted by atomic mass is 32.1. The van der Waals surface area contributed by atoms with Crippen molar-refractivity contribution < 1.29 is 9.90 Å². The van der Waals surface area contributed by atoms with Crippen molar-refractivity contribution in [1.82, 2.24) is 4.98 Å². The zero-order valence-electron chi connectivity index (χ0n) is 10.2. The lowest BCUT2D eigenvalue weighted by Crippen LogP contribution is -2.22. The van der Waals surface area contributed by atoms with Gasteiger partial charge in [0.1, 0.15) is 6.04 Å². The molecule has 1 aromatic heterocycles. The van der Waals surface area contributed by atoms with E-state index in [1.54, 1.807) is 5.38 Å². The Morgan fingerprint density at radius 3 is 2.94 bits per heavy atom. The molecule has 0 aliphatic carbocycles. The quantitative estimate of drug-likeness (QED) is 0.729. The summed E-state index contributed by atoms with van der Waals surface area (Å²) in [6, 6.07) is -1.02. The lowest BCUT2D eigenvalue weighted by atomic mass is 10.2. The van der Waals surface area contributed by atoms with Crippen LogP contribution in [0.1, 0.15) is 37.9 Å². The molecule has 0 saturated carbocycles. The minimum absolute atomic E-state index is 0.430. The monoisotopic (exact) mass is 257 g/mol. The highest BCUT2D eigenvalue weighted by Crippen LogP contribution is 2.22. The van der Waals surface area contributed by atoms with Gasteiger partial charge in [-0.1, -0.05) is 19.8 Å². The number of anilines is 1. The normalized spacial score (nSPS) is 12.4. The van der Waals surface area contributed by atoms with Crippen LogP contribution in [-0.2, 0) is 4.79 Å². The van der Waals surface area contributed by atoms with Gasteiger partial charge >= 0.3 is 5.97 Å². The van der Waals surface area contributed by atoms with Crippen molar-refractivity contribution in [2.75, 3.05) is 18.5 Å². The molecule has 0 amide bonds. The topological polar surface area (TPSA) is 79.5 Å². The molecule has 96 valence electrons. The second-order valence-corrected chi connectivity index (χ2v) is 4.84. The van der Waals surface area contributed by atoms with E-state index in [0.29, 0.717) is 5.69 Å². The highest BCUT2D eigenvalue weighted by molar-refractivity contribution is 7.13. The third-order valence-corrected chi connectivity index (χ3v) is 3.49. The van der Waals surface area contributed by atoms with E-state index in [9.17, 15) is 4.79 Å². The van der Waals surface area contributed by atoms with Crippen molar-refractivity contribution in [2.45, 2.75) is 32.2 Å². The lowest BCUT2D eigenvalue weighted by Gasteiger charge is -2.15. The Hall–Kier alpha value is -1.14. The van der Waals surface area contributed by atoms with Crippen molar-refractivity contribution in [1.29, 1.82) is 0 Å². The Morgan fingerprint density at radius 1 is 1.65 bits per heavy atom. The zero-order valence-corrected chi connectivity index (χ0v) is 11.0. The van der Waals surface area contributed by atoms with E-state index in [2.05, 4.69) is 11.9 Å². The van der Waals surface area contributed by atoms with Crippen LogP contribution in [0.5, 0.6) is 0 Å². The van der Waals surface area contributed by atoms with Gasteiger partial charge < -0.3 is 15.7 Å². The first-order valence-corrected chi connectivity index (χ1v) is 6.59. The number of carboxylic acid groups (broad SMARTS) is 1. The number of aliphatic carboxylic acids is 1. The van der Waals surface area contributed by atoms with Crippen molar-refractivity contribution in [3.8, 4) is 0 Å². The van der Waals surface area contributed by atoms with Gasteiger partial charge in [0.15, 0.2) is 5.13 Å². The number of hydrogen-bond acceptors (Lipinski definition) is 5. The average Bonchev–Trinajstić information content (AvgIpc) is 2.77. The number of carbonyl (C=O) groups is 1. The molecule has 0 aliphatic heterocycles. The van der Waals surface area contributed by atoms with Gasteiger partial charge in [-0.25, -0.2) is 4.98 Å². The summed E-state index contributed by atoms with van der Waals surface area (Å²) in [4.78, 5) is 17.0. The Bertz CT molecular complexity index is 367. The molecule has 0 aromatic carbocycles. The Kier molecular flexibility index (Phi) is 5.37. The van der Waals surface area contributed by atoms with Crippen molar-refractivity contribution in [3.63, 3.8) is 0 Å². The van der Waals surface area contributed by atoms with Crippen LogP contribution in [0.3, 0.4) is 0 Å². The molecule has 3 N–H and O–H groups in total. The number of unbranched alkanes of at least 4 members (excludes halogenated alkanes) is 2. The Balaban J connectivity index is 2.58. The van der Waals surface area contributed by atoms with E-state index >= 15 is 0 Å². The summed E-state index contributed by atoms with van der Waals surface area (Å²) in [7, 11) is 1.96. The maximum atomic E-state index is 10.7. The molecule has 1 aromatic rings. The van der Waals surface area contributed by atoms with Crippen molar-refractivity contribution in [2.24, 2.45) is 5.73 Å². The number of aromatic nitrogens is 1. The molecule has 6 heteroatoms.